The van der Waals surface area contributed by atoms with Crippen LogP contribution >= 0.6 is 23.2 Å². The van der Waals surface area contributed by atoms with Crippen LogP contribution in [0.25, 0.3) is 0 Å². The van der Waals surface area contributed by atoms with Gasteiger partial charge in [0.1, 0.15) is 0 Å². The zero-order chi connectivity index (χ0) is 15.2. The number of carbonyl (C=O) groups excluding carboxylic acids is 1. The zero-order valence-corrected chi connectivity index (χ0v) is 12.5. The summed E-state index contributed by atoms with van der Waals surface area (Å²) in [5, 5.41) is 3.61. The van der Waals surface area contributed by atoms with Gasteiger partial charge in [-0.15, -0.1) is 0 Å². The Morgan fingerprint density at radius 2 is 1.90 bits per heavy atom. The van der Waals surface area contributed by atoms with Crippen molar-refractivity contribution in [1.29, 1.82) is 0 Å². The Labute approximate surface area is 133 Å². The number of halogens is 2. The molecule has 0 aliphatic carbocycles. The van der Waals surface area contributed by atoms with Crippen molar-refractivity contribution in [3.63, 3.8) is 0 Å². The van der Waals surface area contributed by atoms with Crippen molar-refractivity contribution >= 4 is 34.8 Å². The normalized spacial score (nSPS) is 9.67. The number of para-hydroxylation sites is 1. The number of amides is 1. The minimum absolute atomic E-state index is 0.255. The summed E-state index contributed by atoms with van der Waals surface area (Å²) in [6.07, 6.45) is 0. The molecule has 0 spiro atoms. The average molecular weight is 319 g/mol. The fourth-order valence-corrected chi connectivity index (χ4v) is 2.07. The zero-order valence-electron chi connectivity index (χ0n) is 11.0. The molecule has 3 nitrogen and oxygen atoms in total. The van der Waals surface area contributed by atoms with Gasteiger partial charge in [-0.3, -0.25) is 4.79 Å². The van der Waals surface area contributed by atoms with Crippen LogP contribution in [0, 0.1) is 11.8 Å². The molecule has 0 radical (unpaired) electrons. The summed E-state index contributed by atoms with van der Waals surface area (Å²) in [5.74, 6) is 5.27. The second-order valence-corrected chi connectivity index (χ2v) is 4.95. The van der Waals surface area contributed by atoms with Crippen LogP contribution in [0.3, 0.4) is 0 Å². The number of hydrogen-bond acceptors (Lipinski definition) is 2. The van der Waals surface area contributed by atoms with Crippen LogP contribution in [0.2, 0.25) is 10.0 Å². The molecule has 1 amide bonds. The Bertz CT molecular complexity index is 733. The van der Waals surface area contributed by atoms with Gasteiger partial charge in [0, 0.05) is 11.1 Å². The molecule has 0 heterocycles. The smallest absolute Gasteiger partial charge is 0.255 e. The first-order chi connectivity index (χ1) is 10.1. The van der Waals surface area contributed by atoms with E-state index in [9.17, 15) is 4.79 Å². The van der Waals surface area contributed by atoms with Crippen molar-refractivity contribution in [3.05, 3.63) is 63.6 Å². The highest BCUT2D eigenvalue weighted by atomic mass is 35.5. The predicted octanol–water partition coefficient (Wildman–Crippen LogP) is 3.56. The van der Waals surface area contributed by atoms with Crippen LogP contribution in [-0.4, -0.2) is 12.5 Å². The first kappa shape index (κ1) is 15.4. The topological polar surface area (TPSA) is 55.1 Å². The molecule has 0 aliphatic rings. The fourth-order valence-electron chi connectivity index (χ4n) is 1.66. The van der Waals surface area contributed by atoms with Crippen LogP contribution in [0.4, 0.5) is 5.69 Å². The van der Waals surface area contributed by atoms with E-state index in [1.165, 1.54) is 0 Å². The Kier molecular flexibility index (Phi) is 5.24. The molecule has 3 N–H and O–H groups in total. The number of hydrogen-bond donors (Lipinski definition) is 2. The number of rotatable bonds is 2. The van der Waals surface area contributed by atoms with Crippen molar-refractivity contribution in [2.75, 3.05) is 11.9 Å². The molecule has 2 aromatic rings. The minimum atomic E-state index is -0.289. The molecule has 2 rings (SSSR count). The first-order valence-electron chi connectivity index (χ1n) is 6.16. The Morgan fingerprint density at radius 1 is 1.14 bits per heavy atom. The summed E-state index contributed by atoms with van der Waals surface area (Å²) < 4.78 is 0. The van der Waals surface area contributed by atoms with Gasteiger partial charge in [-0.1, -0.05) is 47.2 Å². The van der Waals surface area contributed by atoms with E-state index in [0.29, 0.717) is 26.9 Å². The summed E-state index contributed by atoms with van der Waals surface area (Å²) in [6.45, 7) is 0.255. The van der Waals surface area contributed by atoms with Gasteiger partial charge in [-0.25, -0.2) is 0 Å². The molecule has 0 unspecified atom stereocenters. The third-order valence-corrected chi connectivity index (χ3v) is 3.32. The monoisotopic (exact) mass is 318 g/mol. The molecule has 0 fully saturated rings. The van der Waals surface area contributed by atoms with Crippen LogP contribution in [0.1, 0.15) is 15.9 Å². The summed E-state index contributed by atoms with van der Waals surface area (Å²) in [6, 6.07) is 11.9. The van der Waals surface area contributed by atoms with Gasteiger partial charge in [0.15, 0.2) is 0 Å². The molecule has 21 heavy (non-hydrogen) atoms. The van der Waals surface area contributed by atoms with Crippen LogP contribution < -0.4 is 11.1 Å². The van der Waals surface area contributed by atoms with Gasteiger partial charge in [0.2, 0.25) is 0 Å². The maximum absolute atomic E-state index is 12.2. The quantitative estimate of drug-likeness (QED) is 0.832. The molecular formula is C16H12Cl2N2O. The molecule has 0 saturated carbocycles. The van der Waals surface area contributed by atoms with E-state index >= 15 is 0 Å². The van der Waals surface area contributed by atoms with Gasteiger partial charge < -0.3 is 11.1 Å². The molecule has 2 aromatic carbocycles. The van der Waals surface area contributed by atoms with Crippen molar-refractivity contribution in [2.45, 2.75) is 0 Å². The maximum Gasteiger partial charge on any atom is 0.255 e. The van der Waals surface area contributed by atoms with E-state index in [1.54, 1.807) is 42.5 Å². The van der Waals surface area contributed by atoms with Crippen molar-refractivity contribution in [3.8, 4) is 11.8 Å². The van der Waals surface area contributed by atoms with Crippen molar-refractivity contribution in [1.82, 2.24) is 0 Å². The number of nitrogens with one attached hydrogen (secondary N) is 1. The SMILES string of the molecule is NCC#Cc1ccc(C(=O)Nc2ccccc2Cl)cc1Cl. The average Bonchev–Trinajstić information content (AvgIpc) is 2.48. The third-order valence-electron chi connectivity index (χ3n) is 2.68. The van der Waals surface area contributed by atoms with E-state index in [4.69, 9.17) is 28.9 Å². The van der Waals surface area contributed by atoms with Crippen LogP contribution in [-0.2, 0) is 0 Å². The fraction of sp³-hybridized carbons (Fsp3) is 0.0625. The lowest BCUT2D eigenvalue weighted by Gasteiger charge is -2.07. The standard InChI is InChI=1S/C16H12Cl2N2O/c17-13-5-1-2-6-15(13)20-16(21)12-8-7-11(4-3-9-19)14(18)10-12/h1-2,5-8,10H,9,19H2,(H,20,21). The minimum Gasteiger partial charge on any atom is -0.321 e. The Hall–Kier alpha value is -1.99. The number of anilines is 1. The third kappa shape index (κ3) is 3.99. The highest BCUT2D eigenvalue weighted by molar-refractivity contribution is 6.34. The number of nitrogens with two attached hydrogens (primary N) is 1. The van der Waals surface area contributed by atoms with E-state index in [1.807, 2.05) is 0 Å². The number of carbonyl (C=O) groups is 1. The molecule has 106 valence electrons. The second-order valence-electron chi connectivity index (χ2n) is 4.13. The van der Waals surface area contributed by atoms with Gasteiger partial charge in [-0.05, 0) is 30.3 Å². The predicted molar refractivity (Wildman–Crippen MR) is 86.8 cm³/mol. The molecule has 0 aliphatic heterocycles. The van der Waals surface area contributed by atoms with Crippen molar-refractivity contribution in [2.24, 2.45) is 5.73 Å². The Morgan fingerprint density at radius 3 is 2.57 bits per heavy atom. The van der Waals surface area contributed by atoms with E-state index in [2.05, 4.69) is 17.2 Å². The molecule has 0 saturated heterocycles. The summed E-state index contributed by atoms with van der Waals surface area (Å²) >= 11 is 12.1. The van der Waals surface area contributed by atoms with Gasteiger partial charge >= 0.3 is 0 Å². The lowest BCUT2D eigenvalue weighted by atomic mass is 10.1. The van der Waals surface area contributed by atoms with E-state index in [0.717, 1.165) is 0 Å². The van der Waals surface area contributed by atoms with Gasteiger partial charge in [0.05, 0.1) is 22.3 Å². The Balaban J connectivity index is 2.21. The highest BCUT2D eigenvalue weighted by Gasteiger charge is 2.10. The summed E-state index contributed by atoms with van der Waals surface area (Å²) in [5.41, 5.74) is 6.92. The van der Waals surface area contributed by atoms with E-state index in [-0.39, 0.29) is 12.5 Å². The van der Waals surface area contributed by atoms with Crippen LogP contribution in [0.15, 0.2) is 42.5 Å². The molecular weight excluding hydrogens is 307 g/mol. The van der Waals surface area contributed by atoms with Crippen molar-refractivity contribution < 1.29 is 4.79 Å². The maximum atomic E-state index is 12.2. The lowest BCUT2D eigenvalue weighted by Crippen LogP contribution is -2.12. The summed E-state index contributed by atoms with van der Waals surface area (Å²) in [4.78, 5) is 12.2. The van der Waals surface area contributed by atoms with E-state index < -0.39 is 0 Å². The summed E-state index contributed by atoms with van der Waals surface area (Å²) in [7, 11) is 0. The van der Waals surface area contributed by atoms with Gasteiger partial charge in [-0.2, -0.15) is 0 Å². The largest absolute Gasteiger partial charge is 0.321 e. The first-order valence-corrected chi connectivity index (χ1v) is 6.92. The number of benzene rings is 2. The highest BCUT2D eigenvalue weighted by Crippen LogP contribution is 2.22. The molecule has 5 heteroatoms. The lowest BCUT2D eigenvalue weighted by molar-refractivity contribution is 0.102. The molecule has 0 aromatic heterocycles. The van der Waals surface area contributed by atoms with Crippen LogP contribution in [0.5, 0.6) is 0 Å². The molecule has 0 atom stereocenters. The second kappa shape index (κ2) is 7.14. The molecule has 0 bridgehead atoms. The van der Waals surface area contributed by atoms with Gasteiger partial charge in [0.25, 0.3) is 5.91 Å².